The molecule has 0 saturated heterocycles. The van der Waals surface area contributed by atoms with Crippen LogP contribution in [0, 0.1) is 0 Å². The SMILES string of the molecule is COC(=O)c1sc(-c2ccc(C(Cl)(Cl)Cl)cc2)cc1O. The third kappa shape index (κ3) is 3.20. The molecule has 0 unspecified atom stereocenters. The molecule has 1 N–H and O–H groups in total. The molecule has 1 aromatic carbocycles. The van der Waals surface area contributed by atoms with Gasteiger partial charge in [0.2, 0.25) is 3.79 Å². The Morgan fingerprint density at radius 1 is 1.25 bits per heavy atom. The molecule has 0 amide bonds. The number of benzene rings is 1. The number of alkyl halides is 3. The highest BCUT2D eigenvalue weighted by molar-refractivity contribution is 7.17. The van der Waals surface area contributed by atoms with Gasteiger partial charge in [-0.15, -0.1) is 11.3 Å². The highest BCUT2D eigenvalue weighted by Crippen LogP contribution is 2.40. The summed E-state index contributed by atoms with van der Waals surface area (Å²) in [5.41, 5.74) is 1.35. The Balaban J connectivity index is 2.35. The van der Waals surface area contributed by atoms with E-state index >= 15 is 0 Å². The van der Waals surface area contributed by atoms with Crippen molar-refractivity contribution in [3.8, 4) is 16.2 Å². The summed E-state index contributed by atoms with van der Waals surface area (Å²) in [4.78, 5) is 12.3. The van der Waals surface area contributed by atoms with Gasteiger partial charge in [-0.25, -0.2) is 4.79 Å². The van der Waals surface area contributed by atoms with E-state index in [0.29, 0.717) is 5.56 Å². The smallest absolute Gasteiger partial charge is 0.351 e. The monoisotopic (exact) mass is 350 g/mol. The van der Waals surface area contributed by atoms with Crippen LogP contribution in [-0.2, 0) is 8.53 Å². The molecule has 2 aromatic rings. The maximum Gasteiger partial charge on any atom is 0.351 e. The first-order valence-electron chi connectivity index (χ1n) is 5.41. The van der Waals surface area contributed by atoms with E-state index < -0.39 is 9.76 Å². The van der Waals surface area contributed by atoms with Gasteiger partial charge in [-0.3, -0.25) is 0 Å². The number of carbonyl (C=O) groups is 1. The summed E-state index contributed by atoms with van der Waals surface area (Å²) in [5, 5.41) is 9.72. The van der Waals surface area contributed by atoms with Gasteiger partial charge in [-0.1, -0.05) is 59.1 Å². The quantitative estimate of drug-likeness (QED) is 0.628. The largest absolute Gasteiger partial charge is 0.506 e. The van der Waals surface area contributed by atoms with Gasteiger partial charge >= 0.3 is 5.97 Å². The molecule has 0 saturated carbocycles. The molecule has 0 atom stereocenters. The fraction of sp³-hybridized carbons (Fsp3) is 0.154. The zero-order valence-electron chi connectivity index (χ0n) is 10.2. The van der Waals surface area contributed by atoms with Crippen LogP contribution >= 0.6 is 46.1 Å². The van der Waals surface area contributed by atoms with Crippen LogP contribution in [0.1, 0.15) is 15.2 Å². The normalized spacial score (nSPS) is 11.4. The van der Waals surface area contributed by atoms with E-state index in [0.717, 1.165) is 21.8 Å². The van der Waals surface area contributed by atoms with E-state index in [9.17, 15) is 9.90 Å². The van der Waals surface area contributed by atoms with Crippen molar-refractivity contribution in [3.63, 3.8) is 0 Å². The fourth-order valence-corrected chi connectivity index (χ4v) is 2.94. The predicted molar refractivity (Wildman–Crippen MR) is 82.0 cm³/mol. The van der Waals surface area contributed by atoms with Gasteiger partial charge in [-0.2, -0.15) is 0 Å². The van der Waals surface area contributed by atoms with Crippen LogP contribution < -0.4 is 0 Å². The van der Waals surface area contributed by atoms with Crippen LogP contribution in [-0.4, -0.2) is 18.2 Å². The topological polar surface area (TPSA) is 46.5 Å². The van der Waals surface area contributed by atoms with Crippen molar-refractivity contribution < 1.29 is 14.6 Å². The second-order valence-corrected chi connectivity index (χ2v) is 7.23. The molecule has 2 rings (SSSR count). The first kappa shape index (κ1) is 15.4. The number of hydrogen-bond donors (Lipinski definition) is 1. The maximum absolute atomic E-state index is 11.4. The first-order valence-corrected chi connectivity index (χ1v) is 7.36. The van der Waals surface area contributed by atoms with Crippen molar-refractivity contribution in [1.82, 2.24) is 0 Å². The van der Waals surface area contributed by atoms with Crippen molar-refractivity contribution in [2.24, 2.45) is 0 Å². The minimum absolute atomic E-state index is 0.109. The molecule has 0 spiro atoms. The standard InChI is InChI=1S/C13H9Cl3O3S/c1-19-12(18)11-9(17)6-10(20-11)7-2-4-8(5-3-7)13(14,15)16/h2-6,17H,1H3. The van der Waals surface area contributed by atoms with E-state index in [1.165, 1.54) is 13.2 Å². The predicted octanol–water partition coefficient (Wildman–Crippen LogP) is 4.73. The van der Waals surface area contributed by atoms with Crippen molar-refractivity contribution >= 4 is 52.1 Å². The fourth-order valence-electron chi connectivity index (χ4n) is 1.59. The molecule has 0 aliphatic rings. The number of hydrogen-bond acceptors (Lipinski definition) is 4. The molecule has 0 aliphatic heterocycles. The van der Waals surface area contributed by atoms with Crippen molar-refractivity contribution in [2.45, 2.75) is 3.79 Å². The number of ether oxygens (including phenoxy) is 1. The van der Waals surface area contributed by atoms with Crippen LogP contribution in [0.25, 0.3) is 10.4 Å². The molecular weight excluding hydrogens is 343 g/mol. The molecule has 3 nitrogen and oxygen atoms in total. The minimum Gasteiger partial charge on any atom is -0.506 e. The van der Waals surface area contributed by atoms with E-state index in [2.05, 4.69) is 4.74 Å². The summed E-state index contributed by atoms with van der Waals surface area (Å²) in [7, 11) is 1.26. The van der Waals surface area contributed by atoms with E-state index in [1.807, 2.05) is 0 Å². The molecule has 7 heteroatoms. The molecule has 1 heterocycles. The minimum atomic E-state index is -1.48. The van der Waals surface area contributed by atoms with Crippen molar-refractivity contribution in [1.29, 1.82) is 0 Å². The number of esters is 1. The Bertz CT molecular complexity index is 629. The Morgan fingerprint density at radius 2 is 1.85 bits per heavy atom. The van der Waals surface area contributed by atoms with Crippen LogP contribution in [0.5, 0.6) is 5.75 Å². The lowest BCUT2D eigenvalue weighted by molar-refractivity contribution is 0.0603. The van der Waals surface area contributed by atoms with E-state index in [-0.39, 0.29) is 10.6 Å². The lowest BCUT2D eigenvalue weighted by Gasteiger charge is -2.11. The maximum atomic E-state index is 11.4. The van der Waals surface area contributed by atoms with Gasteiger partial charge < -0.3 is 9.84 Å². The third-order valence-corrected chi connectivity index (χ3v) is 4.39. The Hall–Kier alpha value is -0.940. The number of aromatic hydroxyl groups is 1. The highest BCUT2D eigenvalue weighted by atomic mass is 35.6. The first-order chi connectivity index (χ1) is 9.32. The van der Waals surface area contributed by atoms with Gasteiger partial charge in [0.25, 0.3) is 0 Å². The molecule has 1 aromatic heterocycles. The number of halogens is 3. The molecule has 20 heavy (non-hydrogen) atoms. The number of rotatable bonds is 2. The lowest BCUT2D eigenvalue weighted by atomic mass is 10.1. The average molecular weight is 352 g/mol. The van der Waals surface area contributed by atoms with Crippen LogP contribution in [0.4, 0.5) is 0 Å². The molecule has 106 valence electrons. The Labute approximate surface area is 134 Å². The lowest BCUT2D eigenvalue weighted by Crippen LogP contribution is -1.98. The molecule has 0 fully saturated rings. The van der Waals surface area contributed by atoms with E-state index in [1.54, 1.807) is 24.3 Å². The summed E-state index contributed by atoms with van der Waals surface area (Å²) in [6, 6.07) is 8.36. The summed E-state index contributed by atoms with van der Waals surface area (Å²) >= 11 is 18.5. The van der Waals surface area contributed by atoms with E-state index in [4.69, 9.17) is 34.8 Å². The van der Waals surface area contributed by atoms with Crippen molar-refractivity contribution in [2.75, 3.05) is 7.11 Å². The third-order valence-electron chi connectivity index (χ3n) is 2.58. The summed E-state index contributed by atoms with van der Waals surface area (Å²) < 4.78 is 3.11. The number of carbonyl (C=O) groups excluding carboxylic acids is 1. The summed E-state index contributed by atoms with van der Waals surface area (Å²) in [5.74, 6) is -0.682. The van der Waals surface area contributed by atoms with Crippen LogP contribution in [0.15, 0.2) is 30.3 Å². The van der Waals surface area contributed by atoms with Gasteiger partial charge in [0, 0.05) is 10.4 Å². The zero-order valence-corrected chi connectivity index (χ0v) is 13.3. The van der Waals surface area contributed by atoms with Crippen molar-refractivity contribution in [3.05, 3.63) is 40.8 Å². The van der Waals surface area contributed by atoms with Gasteiger partial charge in [0.05, 0.1) is 7.11 Å². The second kappa shape index (κ2) is 5.82. The van der Waals surface area contributed by atoms with Crippen LogP contribution in [0.2, 0.25) is 0 Å². The molecular formula is C13H9Cl3O3S. The molecule has 0 radical (unpaired) electrons. The summed E-state index contributed by atoms with van der Waals surface area (Å²) in [6.07, 6.45) is 0. The van der Waals surface area contributed by atoms with Crippen LogP contribution in [0.3, 0.4) is 0 Å². The average Bonchev–Trinajstić information content (AvgIpc) is 2.79. The molecule has 0 aliphatic carbocycles. The Kier molecular flexibility index (Phi) is 4.49. The number of methoxy groups -OCH3 is 1. The second-order valence-electron chi connectivity index (χ2n) is 3.89. The molecule has 0 bridgehead atoms. The van der Waals surface area contributed by atoms with Gasteiger partial charge in [-0.05, 0) is 11.6 Å². The van der Waals surface area contributed by atoms with Gasteiger partial charge in [0.15, 0.2) is 4.88 Å². The van der Waals surface area contributed by atoms with Gasteiger partial charge in [0.1, 0.15) is 5.75 Å². The highest BCUT2D eigenvalue weighted by Gasteiger charge is 2.23. The zero-order chi connectivity index (χ0) is 14.9. The summed E-state index contributed by atoms with van der Waals surface area (Å²) in [6.45, 7) is 0. The number of thiophene rings is 1. The Morgan fingerprint density at radius 3 is 2.35 bits per heavy atom.